The van der Waals surface area contributed by atoms with Gasteiger partial charge in [0.1, 0.15) is 0 Å². The number of anilines is 2. The summed E-state index contributed by atoms with van der Waals surface area (Å²) in [6.07, 6.45) is 0.455. The highest BCUT2D eigenvalue weighted by atomic mass is 32.2. The second kappa shape index (κ2) is 8.06. The summed E-state index contributed by atoms with van der Waals surface area (Å²) < 4.78 is 23.0. The van der Waals surface area contributed by atoms with Crippen LogP contribution in [0.3, 0.4) is 0 Å². The van der Waals surface area contributed by atoms with Gasteiger partial charge in [0.05, 0.1) is 11.5 Å². The minimum atomic E-state index is -3.03. The fourth-order valence-electron chi connectivity index (χ4n) is 2.85. The maximum atomic E-state index is 12.4. The zero-order chi connectivity index (χ0) is 19.4. The molecule has 1 aliphatic rings. The van der Waals surface area contributed by atoms with E-state index in [1.165, 1.54) is 0 Å². The van der Waals surface area contributed by atoms with E-state index >= 15 is 0 Å². The Kier molecular flexibility index (Phi) is 5.76. The number of rotatable bonds is 4. The first-order chi connectivity index (χ1) is 12.8. The van der Waals surface area contributed by atoms with Crippen LogP contribution in [0.5, 0.6) is 0 Å². The first-order valence-corrected chi connectivity index (χ1v) is 10.8. The Bertz CT molecular complexity index is 956. The highest BCUT2D eigenvalue weighted by Crippen LogP contribution is 2.15. The second-order valence-electron chi connectivity index (χ2n) is 6.60. The fraction of sp³-hybridized carbons (Fsp3) is 0.263. The lowest BCUT2D eigenvalue weighted by Gasteiger charge is -2.13. The first-order valence-electron chi connectivity index (χ1n) is 8.57. The average molecular weight is 404 g/mol. The van der Waals surface area contributed by atoms with E-state index < -0.39 is 9.84 Å². The van der Waals surface area contributed by atoms with Gasteiger partial charge in [-0.05, 0) is 55.9 Å². The van der Waals surface area contributed by atoms with Gasteiger partial charge in [0, 0.05) is 23.0 Å². The molecule has 1 amide bonds. The SMILES string of the molecule is Cc1ccc(NC(=S)Nc2cccc(C(=O)N[C@H]3CCS(=O)(=O)C3)c2)cc1. The molecule has 0 spiro atoms. The summed E-state index contributed by atoms with van der Waals surface area (Å²) in [6, 6.07) is 14.4. The summed E-state index contributed by atoms with van der Waals surface area (Å²) >= 11 is 5.31. The minimum absolute atomic E-state index is 0.00123. The molecule has 0 saturated carbocycles. The third kappa shape index (κ3) is 5.51. The van der Waals surface area contributed by atoms with Crippen LogP contribution < -0.4 is 16.0 Å². The Morgan fingerprint density at radius 3 is 2.44 bits per heavy atom. The Hall–Kier alpha value is -2.45. The molecule has 1 atom stereocenters. The molecular weight excluding hydrogens is 382 g/mol. The van der Waals surface area contributed by atoms with E-state index in [0.717, 1.165) is 11.3 Å². The molecule has 27 heavy (non-hydrogen) atoms. The van der Waals surface area contributed by atoms with Crippen LogP contribution >= 0.6 is 12.2 Å². The molecule has 0 radical (unpaired) electrons. The van der Waals surface area contributed by atoms with Gasteiger partial charge in [0.2, 0.25) is 0 Å². The molecule has 1 saturated heterocycles. The predicted octanol–water partition coefficient (Wildman–Crippen LogP) is 2.72. The molecule has 6 nitrogen and oxygen atoms in total. The number of sulfone groups is 1. The lowest BCUT2D eigenvalue weighted by molar-refractivity contribution is 0.0941. The molecule has 3 rings (SSSR count). The van der Waals surface area contributed by atoms with Crippen molar-refractivity contribution in [3.63, 3.8) is 0 Å². The van der Waals surface area contributed by atoms with Crippen LogP contribution in [-0.4, -0.2) is 37.0 Å². The third-order valence-corrected chi connectivity index (χ3v) is 6.23. The molecule has 1 fully saturated rings. The molecule has 2 aromatic rings. The summed E-state index contributed by atoms with van der Waals surface area (Å²) in [7, 11) is -3.03. The van der Waals surface area contributed by atoms with Gasteiger partial charge < -0.3 is 16.0 Å². The van der Waals surface area contributed by atoms with Crippen molar-refractivity contribution in [1.29, 1.82) is 0 Å². The second-order valence-corrected chi connectivity index (χ2v) is 9.24. The number of hydrogen-bond acceptors (Lipinski definition) is 4. The van der Waals surface area contributed by atoms with E-state index in [1.54, 1.807) is 24.3 Å². The number of thiocarbonyl (C=S) groups is 1. The van der Waals surface area contributed by atoms with Crippen LogP contribution in [0, 0.1) is 6.92 Å². The molecule has 0 bridgehead atoms. The van der Waals surface area contributed by atoms with Crippen molar-refractivity contribution in [2.75, 3.05) is 22.1 Å². The monoisotopic (exact) mass is 403 g/mol. The summed E-state index contributed by atoms with van der Waals surface area (Å²) in [5, 5.41) is 9.34. The average Bonchev–Trinajstić information content (AvgIpc) is 2.95. The molecule has 3 N–H and O–H groups in total. The van der Waals surface area contributed by atoms with Crippen molar-refractivity contribution in [3.05, 3.63) is 59.7 Å². The number of benzene rings is 2. The number of amides is 1. The van der Waals surface area contributed by atoms with Gasteiger partial charge in [-0.15, -0.1) is 0 Å². The Balaban J connectivity index is 1.60. The molecule has 142 valence electrons. The van der Waals surface area contributed by atoms with Gasteiger partial charge in [-0.2, -0.15) is 0 Å². The van der Waals surface area contributed by atoms with Crippen LogP contribution in [0.4, 0.5) is 11.4 Å². The molecule has 2 aromatic carbocycles. The Morgan fingerprint density at radius 2 is 1.78 bits per heavy atom. The van der Waals surface area contributed by atoms with Crippen molar-refractivity contribution in [1.82, 2.24) is 5.32 Å². The summed E-state index contributed by atoms with van der Waals surface area (Å²) in [5.41, 5.74) is 3.15. The normalized spacial score (nSPS) is 17.9. The van der Waals surface area contributed by atoms with Gasteiger partial charge in [0.15, 0.2) is 14.9 Å². The number of carbonyl (C=O) groups excluding carboxylic acids is 1. The van der Waals surface area contributed by atoms with Gasteiger partial charge in [-0.25, -0.2) is 8.42 Å². The van der Waals surface area contributed by atoms with E-state index in [0.29, 0.717) is 22.8 Å². The molecular formula is C19H21N3O3S2. The fourth-order valence-corrected chi connectivity index (χ4v) is 4.76. The number of hydrogen-bond donors (Lipinski definition) is 3. The van der Waals surface area contributed by atoms with Crippen molar-refractivity contribution in [2.24, 2.45) is 0 Å². The smallest absolute Gasteiger partial charge is 0.251 e. The quantitative estimate of drug-likeness (QED) is 0.681. The number of nitrogens with one attached hydrogen (secondary N) is 3. The van der Waals surface area contributed by atoms with E-state index in [-0.39, 0.29) is 23.5 Å². The van der Waals surface area contributed by atoms with Crippen LogP contribution in [0.15, 0.2) is 48.5 Å². The zero-order valence-electron chi connectivity index (χ0n) is 14.9. The Labute approximate surface area is 164 Å². The molecule has 0 aromatic heterocycles. The molecule has 1 aliphatic heterocycles. The van der Waals surface area contributed by atoms with Crippen LogP contribution in [0.1, 0.15) is 22.3 Å². The van der Waals surface area contributed by atoms with E-state index in [9.17, 15) is 13.2 Å². The maximum absolute atomic E-state index is 12.4. The molecule has 8 heteroatoms. The molecule has 0 aliphatic carbocycles. The molecule has 1 heterocycles. The van der Waals surface area contributed by atoms with Crippen molar-refractivity contribution in [3.8, 4) is 0 Å². The zero-order valence-corrected chi connectivity index (χ0v) is 16.5. The first kappa shape index (κ1) is 19.3. The van der Waals surface area contributed by atoms with E-state index in [1.807, 2.05) is 31.2 Å². The highest BCUT2D eigenvalue weighted by molar-refractivity contribution is 7.91. The van der Waals surface area contributed by atoms with E-state index in [4.69, 9.17) is 12.2 Å². The lowest BCUT2D eigenvalue weighted by Crippen LogP contribution is -2.35. The third-order valence-electron chi connectivity index (χ3n) is 4.26. The standard InChI is InChI=1S/C19H21N3O3S2/c1-13-5-7-15(8-6-13)21-19(26)22-16-4-2-3-14(11-16)18(23)20-17-9-10-27(24,25)12-17/h2-8,11,17H,9-10,12H2,1H3,(H,20,23)(H2,21,22,26)/t17-/m0/s1. The topological polar surface area (TPSA) is 87.3 Å². The van der Waals surface area contributed by atoms with Gasteiger partial charge in [0.25, 0.3) is 5.91 Å². The summed E-state index contributed by atoms with van der Waals surface area (Å²) in [6.45, 7) is 2.01. The van der Waals surface area contributed by atoms with Gasteiger partial charge in [-0.1, -0.05) is 23.8 Å². The predicted molar refractivity (Wildman–Crippen MR) is 112 cm³/mol. The van der Waals surface area contributed by atoms with Crippen LogP contribution in [0.2, 0.25) is 0 Å². The van der Waals surface area contributed by atoms with Crippen molar-refractivity contribution < 1.29 is 13.2 Å². The largest absolute Gasteiger partial charge is 0.348 e. The number of carbonyl (C=O) groups is 1. The maximum Gasteiger partial charge on any atom is 0.251 e. The number of aryl methyl sites for hydroxylation is 1. The Morgan fingerprint density at radius 1 is 1.07 bits per heavy atom. The summed E-state index contributed by atoms with van der Waals surface area (Å²) in [4.78, 5) is 12.4. The van der Waals surface area contributed by atoms with Crippen molar-refractivity contribution in [2.45, 2.75) is 19.4 Å². The van der Waals surface area contributed by atoms with E-state index in [2.05, 4.69) is 16.0 Å². The van der Waals surface area contributed by atoms with Gasteiger partial charge in [-0.3, -0.25) is 4.79 Å². The molecule has 0 unspecified atom stereocenters. The minimum Gasteiger partial charge on any atom is -0.348 e. The highest BCUT2D eigenvalue weighted by Gasteiger charge is 2.29. The van der Waals surface area contributed by atoms with Gasteiger partial charge >= 0.3 is 0 Å². The lowest BCUT2D eigenvalue weighted by atomic mass is 10.1. The van der Waals surface area contributed by atoms with Crippen LogP contribution in [0.25, 0.3) is 0 Å². The van der Waals surface area contributed by atoms with Crippen molar-refractivity contribution >= 4 is 44.4 Å². The summed E-state index contributed by atoms with van der Waals surface area (Å²) in [5.74, 6) is -0.169. The van der Waals surface area contributed by atoms with Crippen LogP contribution in [-0.2, 0) is 9.84 Å².